The number of amides is 1. The molecule has 0 atom stereocenters. The average Bonchev–Trinajstić information content (AvgIpc) is 3.25. The Hall–Kier alpha value is -3.33. The van der Waals surface area contributed by atoms with Crippen LogP contribution >= 0.6 is 0 Å². The molecule has 0 bridgehead atoms. The van der Waals surface area contributed by atoms with Gasteiger partial charge >= 0.3 is 0 Å². The molecule has 1 aromatic heterocycles. The first-order valence-corrected chi connectivity index (χ1v) is 10.5. The Morgan fingerprint density at radius 1 is 1.17 bits per heavy atom. The first kappa shape index (κ1) is 21.4. The van der Waals surface area contributed by atoms with E-state index >= 15 is 0 Å². The molecule has 0 saturated heterocycles. The molecule has 0 aliphatic carbocycles. The highest BCUT2D eigenvalue weighted by atomic mass is 32.2. The molecule has 158 valence electrons. The zero-order valence-corrected chi connectivity index (χ0v) is 17.3. The Labute approximate surface area is 174 Å². The quantitative estimate of drug-likeness (QED) is 0.590. The van der Waals surface area contributed by atoms with Crippen LogP contribution in [-0.2, 0) is 21.4 Å². The summed E-state index contributed by atoms with van der Waals surface area (Å²) in [6.45, 7) is 1.35. The first-order chi connectivity index (χ1) is 14.3. The minimum Gasteiger partial charge on any atom is -0.495 e. The second-order valence-electron chi connectivity index (χ2n) is 6.50. The standard InChI is InChI=1S/C21H21FN2O5S/c1-15-5-10-19(28-2)20(12-15)30(26,27)24(17-8-6-16(22)7-9-17)14-21(25)23-13-18-4-3-11-29-18/h3-12H,13-14H2,1-2H3,(H,23,25). The molecule has 1 N–H and O–H groups in total. The number of furan rings is 1. The number of hydrogen-bond acceptors (Lipinski definition) is 5. The van der Waals surface area contributed by atoms with Crippen molar-refractivity contribution >= 4 is 21.6 Å². The summed E-state index contributed by atoms with van der Waals surface area (Å²) in [5.74, 6) is -0.402. The zero-order chi connectivity index (χ0) is 21.7. The predicted molar refractivity (Wildman–Crippen MR) is 109 cm³/mol. The van der Waals surface area contributed by atoms with E-state index in [1.165, 1.54) is 31.6 Å². The molecule has 0 spiro atoms. The average molecular weight is 432 g/mol. The van der Waals surface area contributed by atoms with Crippen LogP contribution in [0.5, 0.6) is 5.75 Å². The van der Waals surface area contributed by atoms with Crippen LogP contribution in [0.2, 0.25) is 0 Å². The largest absolute Gasteiger partial charge is 0.495 e. The molecule has 0 fully saturated rings. The highest BCUT2D eigenvalue weighted by molar-refractivity contribution is 7.93. The Balaban J connectivity index is 1.95. The number of nitrogens with one attached hydrogen (secondary N) is 1. The third-order valence-corrected chi connectivity index (χ3v) is 6.12. The van der Waals surface area contributed by atoms with Crippen LogP contribution in [0.25, 0.3) is 0 Å². The van der Waals surface area contributed by atoms with E-state index in [9.17, 15) is 17.6 Å². The first-order valence-electron chi connectivity index (χ1n) is 9.03. The molecule has 0 radical (unpaired) electrons. The second-order valence-corrected chi connectivity index (χ2v) is 8.33. The normalized spacial score (nSPS) is 11.2. The zero-order valence-electron chi connectivity index (χ0n) is 16.5. The summed E-state index contributed by atoms with van der Waals surface area (Å²) in [5.41, 5.74) is 0.851. The number of nitrogens with zero attached hydrogens (tertiary/aromatic N) is 1. The van der Waals surface area contributed by atoms with E-state index in [-0.39, 0.29) is 22.9 Å². The van der Waals surface area contributed by atoms with Crippen molar-refractivity contribution in [3.8, 4) is 5.75 Å². The van der Waals surface area contributed by atoms with Crippen molar-refractivity contribution in [2.24, 2.45) is 0 Å². The molecular formula is C21H21FN2O5S. The number of anilines is 1. The highest BCUT2D eigenvalue weighted by Gasteiger charge is 2.30. The summed E-state index contributed by atoms with van der Waals surface area (Å²) in [5, 5.41) is 2.62. The fraction of sp³-hybridized carbons (Fsp3) is 0.190. The summed E-state index contributed by atoms with van der Waals surface area (Å²) in [6.07, 6.45) is 1.47. The molecule has 30 heavy (non-hydrogen) atoms. The smallest absolute Gasteiger partial charge is 0.268 e. The monoisotopic (exact) mass is 432 g/mol. The number of ether oxygens (including phenoxy) is 1. The number of aryl methyl sites for hydroxylation is 1. The molecule has 3 aromatic rings. The fourth-order valence-electron chi connectivity index (χ4n) is 2.81. The maximum Gasteiger partial charge on any atom is 0.268 e. The van der Waals surface area contributed by atoms with Gasteiger partial charge in [0.25, 0.3) is 10.0 Å². The van der Waals surface area contributed by atoms with Crippen molar-refractivity contribution in [2.45, 2.75) is 18.4 Å². The van der Waals surface area contributed by atoms with Gasteiger partial charge in [0, 0.05) is 0 Å². The molecule has 1 amide bonds. The number of carbonyl (C=O) groups excluding carboxylic acids is 1. The molecule has 7 nitrogen and oxygen atoms in total. The number of carbonyl (C=O) groups is 1. The van der Waals surface area contributed by atoms with Gasteiger partial charge in [-0.05, 0) is 61.0 Å². The van der Waals surface area contributed by atoms with Crippen molar-refractivity contribution in [2.75, 3.05) is 18.0 Å². The topological polar surface area (TPSA) is 88.9 Å². The van der Waals surface area contributed by atoms with E-state index in [2.05, 4.69) is 5.32 Å². The molecule has 0 aliphatic heterocycles. The van der Waals surface area contributed by atoms with Gasteiger partial charge in [0.05, 0.1) is 25.6 Å². The van der Waals surface area contributed by atoms with Crippen LogP contribution in [0, 0.1) is 12.7 Å². The number of rotatable bonds is 8. The van der Waals surface area contributed by atoms with E-state index in [0.29, 0.717) is 11.3 Å². The van der Waals surface area contributed by atoms with Crippen molar-refractivity contribution in [3.63, 3.8) is 0 Å². The lowest BCUT2D eigenvalue weighted by atomic mass is 10.2. The van der Waals surface area contributed by atoms with E-state index < -0.39 is 28.3 Å². The van der Waals surface area contributed by atoms with Crippen LogP contribution in [-0.4, -0.2) is 28.0 Å². The van der Waals surface area contributed by atoms with Gasteiger partial charge in [0.15, 0.2) is 0 Å². The molecular weight excluding hydrogens is 411 g/mol. The van der Waals surface area contributed by atoms with Crippen LogP contribution < -0.4 is 14.4 Å². The van der Waals surface area contributed by atoms with Crippen LogP contribution in [0.15, 0.2) is 70.2 Å². The molecule has 3 rings (SSSR count). The van der Waals surface area contributed by atoms with Gasteiger partial charge in [-0.2, -0.15) is 0 Å². The van der Waals surface area contributed by atoms with E-state index in [0.717, 1.165) is 16.4 Å². The molecule has 0 saturated carbocycles. The predicted octanol–water partition coefficient (Wildman–Crippen LogP) is 3.25. The van der Waals surface area contributed by atoms with Crippen LogP contribution in [0.4, 0.5) is 10.1 Å². The lowest BCUT2D eigenvalue weighted by Gasteiger charge is -2.25. The van der Waals surface area contributed by atoms with Gasteiger partial charge in [-0.3, -0.25) is 9.10 Å². The van der Waals surface area contributed by atoms with Crippen molar-refractivity contribution in [1.82, 2.24) is 5.32 Å². The molecule has 0 aliphatic rings. The van der Waals surface area contributed by atoms with Crippen molar-refractivity contribution in [1.29, 1.82) is 0 Å². The minimum absolute atomic E-state index is 0.0897. The lowest BCUT2D eigenvalue weighted by molar-refractivity contribution is -0.119. The van der Waals surface area contributed by atoms with Crippen molar-refractivity contribution in [3.05, 3.63) is 78.0 Å². The molecule has 1 heterocycles. The third-order valence-electron chi connectivity index (χ3n) is 4.33. The van der Waals surface area contributed by atoms with Gasteiger partial charge in [0.2, 0.25) is 5.91 Å². The Morgan fingerprint density at radius 2 is 1.90 bits per heavy atom. The number of halogens is 1. The maximum absolute atomic E-state index is 13.5. The second kappa shape index (κ2) is 9.00. The summed E-state index contributed by atoms with van der Waals surface area (Å²) in [4.78, 5) is 12.4. The minimum atomic E-state index is -4.20. The maximum atomic E-state index is 13.5. The van der Waals surface area contributed by atoms with Crippen molar-refractivity contribution < 1.29 is 26.8 Å². The van der Waals surface area contributed by atoms with Crippen LogP contribution in [0.3, 0.4) is 0 Å². The number of benzene rings is 2. The lowest BCUT2D eigenvalue weighted by Crippen LogP contribution is -2.40. The molecule has 0 unspecified atom stereocenters. The summed E-state index contributed by atoms with van der Waals surface area (Å²) in [7, 11) is -2.83. The summed E-state index contributed by atoms with van der Waals surface area (Å²) >= 11 is 0. The molecule has 9 heteroatoms. The Bertz CT molecular complexity index is 1110. The molecule has 2 aromatic carbocycles. The van der Waals surface area contributed by atoms with Crippen LogP contribution in [0.1, 0.15) is 11.3 Å². The van der Waals surface area contributed by atoms with Gasteiger partial charge in [-0.1, -0.05) is 6.07 Å². The third kappa shape index (κ3) is 4.80. The van der Waals surface area contributed by atoms with Gasteiger partial charge in [-0.15, -0.1) is 0 Å². The van der Waals surface area contributed by atoms with Gasteiger partial charge < -0.3 is 14.5 Å². The number of hydrogen-bond donors (Lipinski definition) is 1. The van der Waals surface area contributed by atoms with E-state index in [4.69, 9.17) is 9.15 Å². The van der Waals surface area contributed by atoms with Gasteiger partial charge in [-0.25, -0.2) is 12.8 Å². The Kier molecular flexibility index (Phi) is 6.41. The number of methoxy groups -OCH3 is 1. The highest BCUT2D eigenvalue weighted by Crippen LogP contribution is 2.30. The SMILES string of the molecule is COc1ccc(C)cc1S(=O)(=O)N(CC(=O)NCc1ccco1)c1ccc(F)cc1. The summed E-state index contributed by atoms with van der Waals surface area (Å²) in [6, 6.07) is 13.0. The van der Waals surface area contributed by atoms with E-state index in [1.54, 1.807) is 31.2 Å². The summed E-state index contributed by atoms with van der Waals surface area (Å²) < 4.78 is 51.6. The van der Waals surface area contributed by atoms with Gasteiger partial charge in [0.1, 0.15) is 28.8 Å². The Morgan fingerprint density at radius 3 is 2.53 bits per heavy atom. The number of sulfonamides is 1. The fourth-order valence-corrected chi connectivity index (χ4v) is 4.48. The van der Waals surface area contributed by atoms with E-state index in [1.807, 2.05) is 0 Å².